The third kappa shape index (κ3) is 7.46. The molecule has 40 heavy (non-hydrogen) atoms. The molecule has 4 unspecified atom stereocenters. The predicted octanol–water partition coefficient (Wildman–Crippen LogP) is 11.4. The summed E-state index contributed by atoms with van der Waals surface area (Å²) >= 11 is 0. The average molecular weight is 538 g/mol. The zero-order chi connectivity index (χ0) is 28.5. The standard InChI is InChI=1S/C31H35NO.C7H16/c1-5-28-17-21(2)18-31(33-28)25-13-11-24(12-14-25)26-15-16-29(22(3)19-26)30-20-23(4)32(30)27-9-7-6-8-10-27;1-3-5-7-6-4-2/h6-16,19,21,28,30-31H,4-5,17-18,20H2,1-3H3;3-7H2,1-2H3. The minimum absolute atomic E-state index is 0.229. The summed E-state index contributed by atoms with van der Waals surface area (Å²) in [7, 11) is 0. The van der Waals surface area contributed by atoms with E-state index < -0.39 is 0 Å². The molecule has 0 radical (unpaired) electrons. The first-order valence-corrected chi connectivity index (χ1v) is 15.8. The number of anilines is 1. The van der Waals surface area contributed by atoms with Crippen LogP contribution in [0, 0.1) is 12.8 Å². The number of benzene rings is 3. The fraction of sp³-hybridized carbons (Fsp3) is 0.474. The summed E-state index contributed by atoms with van der Waals surface area (Å²) in [6.45, 7) is 15.6. The zero-order valence-electron chi connectivity index (χ0n) is 25.7. The molecule has 0 bridgehead atoms. The third-order valence-electron chi connectivity index (χ3n) is 8.66. The van der Waals surface area contributed by atoms with Gasteiger partial charge in [-0.15, -0.1) is 0 Å². The zero-order valence-corrected chi connectivity index (χ0v) is 25.7. The van der Waals surface area contributed by atoms with E-state index in [9.17, 15) is 0 Å². The molecule has 0 N–H and O–H groups in total. The molecule has 0 spiro atoms. The summed E-state index contributed by atoms with van der Waals surface area (Å²) < 4.78 is 6.36. The summed E-state index contributed by atoms with van der Waals surface area (Å²) in [6, 6.07) is 26.9. The molecule has 0 saturated carbocycles. The molecule has 2 aliphatic rings. The Kier molecular flexibility index (Phi) is 11.1. The molecule has 2 nitrogen and oxygen atoms in total. The molecule has 3 aromatic carbocycles. The number of para-hydroxylation sites is 1. The molecule has 2 aliphatic heterocycles. The molecular weight excluding hydrogens is 486 g/mol. The maximum atomic E-state index is 6.36. The molecule has 2 heteroatoms. The Morgan fingerprint density at radius 3 is 2.10 bits per heavy atom. The number of ether oxygens (including phenoxy) is 1. The molecule has 2 saturated heterocycles. The highest BCUT2D eigenvalue weighted by atomic mass is 16.5. The van der Waals surface area contributed by atoms with Crippen LogP contribution in [0.4, 0.5) is 5.69 Å². The van der Waals surface area contributed by atoms with E-state index in [4.69, 9.17) is 4.74 Å². The van der Waals surface area contributed by atoms with Gasteiger partial charge in [-0.1, -0.05) is 127 Å². The van der Waals surface area contributed by atoms with Crippen LogP contribution in [-0.2, 0) is 4.74 Å². The molecule has 0 aliphatic carbocycles. The molecule has 214 valence electrons. The van der Waals surface area contributed by atoms with Gasteiger partial charge in [-0.2, -0.15) is 0 Å². The first-order valence-electron chi connectivity index (χ1n) is 15.8. The number of aryl methyl sites for hydroxylation is 1. The molecule has 3 aromatic rings. The van der Waals surface area contributed by atoms with Gasteiger partial charge in [0.1, 0.15) is 0 Å². The third-order valence-corrected chi connectivity index (χ3v) is 8.66. The SMILES string of the molecule is C=C1CC(c2ccc(-c3ccc(C4CC(C)CC(CC)O4)cc3)cc2C)N1c1ccccc1.CCCCCCC. The Balaban J connectivity index is 0.000000470. The van der Waals surface area contributed by atoms with Crippen molar-refractivity contribution in [3.05, 3.63) is 102 Å². The topological polar surface area (TPSA) is 12.5 Å². The van der Waals surface area contributed by atoms with E-state index in [2.05, 4.69) is 119 Å². The van der Waals surface area contributed by atoms with E-state index >= 15 is 0 Å². The van der Waals surface area contributed by atoms with Crippen LogP contribution in [0.5, 0.6) is 0 Å². The van der Waals surface area contributed by atoms with Gasteiger partial charge in [0.05, 0.1) is 18.2 Å². The van der Waals surface area contributed by atoms with Gasteiger partial charge < -0.3 is 9.64 Å². The second-order valence-electron chi connectivity index (χ2n) is 12.0. The quantitative estimate of drug-likeness (QED) is 0.252. The van der Waals surface area contributed by atoms with Crippen molar-refractivity contribution in [3.63, 3.8) is 0 Å². The number of rotatable bonds is 9. The summed E-state index contributed by atoms with van der Waals surface area (Å²) in [4.78, 5) is 2.37. The highest BCUT2D eigenvalue weighted by Gasteiger charge is 2.34. The van der Waals surface area contributed by atoms with Gasteiger partial charge in [0.25, 0.3) is 0 Å². The van der Waals surface area contributed by atoms with Crippen LogP contribution in [0.25, 0.3) is 11.1 Å². The molecule has 2 fully saturated rings. The van der Waals surface area contributed by atoms with Crippen molar-refractivity contribution in [2.75, 3.05) is 4.90 Å². The lowest BCUT2D eigenvalue weighted by molar-refractivity contribution is -0.0709. The molecule has 5 rings (SSSR count). The van der Waals surface area contributed by atoms with Crippen molar-refractivity contribution in [2.45, 2.75) is 111 Å². The Morgan fingerprint density at radius 2 is 1.50 bits per heavy atom. The normalized spacial score (nSPS) is 22.3. The smallest absolute Gasteiger partial charge is 0.0831 e. The van der Waals surface area contributed by atoms with Crippen molar-refractivity contribution >= 4 is 5.69 Å². The lowest BCUT2D eigenvalue weighted by atomic mass is 9.86. The van der Waals surface area contributed by atoms with E-state index in [1.165, 1.54) is 77.7 Å². The Labute approximate surface area is 244 Å². The lowest BCUT2D eigenvalue weighted by Gasteiger charge is -2.45. The van der Waals surface area contributed by atoms with Gasteiger partial charge in [-0.3, -0.25) is 0 Å². The average Bonchev–Trinajstić information content (AvgIpc) is 2.97. The van der Waals surface area contributed by atoms with E-state index in [0.717, 1.165) is 25.2 Å². The molecule has 0 amide bonds. The van der Waals surface area contributed by atoms with E-state index in [0.29, 0.717) is 12.1 Å². The van der Waals surface area contributed by atoms with Gasteiger partial charge in [-0.05, 0) is 72.1 Å². The predicted molar refractivity (Wildman–Crippen MR) is 173 cm³/mol. The minimum Gasteiger partial charge on any atom is -0.370 e. The lowest BCUT2D eigenvalue weighted by Crippen LogP contribution is -2.38. The minimum atomic E-state index is 0.229. The van der Waals surface area contributed by atoms with Gasteiger partial charge in [0.15, 0.2) is 0 Å². The largest absolute Gasteiger partial charge is 0.370 e. The Morgan fingerprint density at radius 1 is 0.825 bits per heavy atom. The Bertz CT molecular complexity index is 1190. The number of nitrogens with zero attached hydrogens (tertiary/aromatic N) is 1. The van der Waals surface area contributed by atoms with Crippen LogP contribution in [0.2, 0.25) is 0 Å². The van der Waals surface area contributed by atoms with Gasteiger partial charge in [-0.25, -0.2) is 0 Å². The van der Waals surface area contributed by atoms with Gasteiger partial charge >= 0.3 is 0 Å². The molecule has 0 aromatic heterocycles. The fourth-order valence-electron chi connectivity index (χ4n) is 6.25. The van der Waals surface area contributed by atoms with Gasteiger partial charge in [0, 0.05) is 17.8 Å². The van der Waals surface area contributed by atoms with Crippen LogP contribution in [-0.4, -0.2) is 6.10 Å². The first-order chi connectivity index (χ1) is 19.4. The number of unbranched alkanes of at least 4 members (excludes halogenated alkanes) is 4. The van der Waals surface area contributed by atoms with Crippen molar-refractivity contribution in [2.24, 2.45) is 5.92 Å². The molecule has 2 heterocycles. The van der Waals surface area contributed by atoms with Gasteiger partial charge in [0.2, 0.25) is 0 Å². The van der Waals surface area contributed by atoms with Crippen LogP contribution in [0.3, 0.4) is 0 Å². The number of hydrogen-bond acceptors (Lipinski definition) is 2. The van der Waals surface area contributed by atoms with Crippen LogP contribution < -0.4 is 4.90 Å². The first kappa shape index (κ1) is 30.1. The van der Waals surface area contributed by atoms with E-state index in [-0.39, 0.29) is 6.10 Å². The Hall–Kier alpha value is -2.84. The van der Waals surface area contributed by atoms with Crippen molar-refractivity contribution in [1.29, 1.82) is 0 Å². The van der Waals surface area contributed by atoms with Crippen LogP contribution in [0.15, 0.2) is 85.1 Å². The summed E-state index contributed by atoms with van der Waals surface area (Å²) in [6.07, 6.45) is 12.1. The van der Waals surface area contributed by atoms with Crippen molar-refractivity contribution in [3.8, 4) is 11.1 Å². The fourth-order valence-corrected chi connectivity index (χ4v) is 6.25. The summed E-state index contributed by atoms with van der Waals surface area (Å²) in [5.74, 6) is 0.724. The highest BCUT2D eigenvalue weighted by Crippen LogP contribution is 2.45. The second-order valence-corrected chi connectivity index (χ2v) is 12.0. The maximum Gasteiger partial charge on any atom is 0.0831 e. The van der Waals surface area contributed by atoms with Crippen LogP contribution >= 0.6 is 0 Å². The van der Waals surface area contributed by atoms with Crippen molar-refractivity contribution in [1.82, 2.24) is 0 Å². The molecular formula is C38H51NO. The number of hydrogen-bond donors (Lipinski definition) is 0. The van der Waals surface area contributed by atoms with Crippen LogP contribution in [0.1, 0.15) is 114 Å². The molecule has 4 atom stereocenters. The van der Waals surface area contributed by atoms with E-state index in [1.807, 2.05) is 0 Å². The maximum absolute atomic E-state index is 6.36. The summed E-state index contributed by atoms with van der Waals surface area (Å²) in [5.41, 5.74) is 8.99. The second kappa shape index (κ2) is 14.7. The summed E-state index contributed by atoms with van der Waals surface area (Å²) in [5, 5.41) is 0. The van der Waals surface area contributed by atoms with Crippen molar-refractivity contribution < 1.29 is 4.74 Å². The monoisotopic (exact) mass is 537 g/mol. The van der Waals surface area contributed by atoms with E-state index in [1.54, 1.807) is 0 Å². The highest BCUT2D eigenvalue weighted by molar-refractivity contribution is 5.67.